The van der Waals surface area contributed by atoms with Gasteiger partial charge in [0.15, 0.2) is 6.04 Å². The largest absolute Gasteiger partial charge is 0.480 e. The summed E-state index contributed by atoms with van der Waals surface area (Å²) >= 11 is 0. The first-order valence-electron chi connectivity index (χ1n) is 7.57. The van der Waals surface area contributed by atoms with Gasteiger partial charge in [0.2, 0.25) is 0 Å². The van der Waals surface area contributed by atoms with Crippen molar-refractivity contribution in [3.8, 4) is 0 Å². The van der Waals surface area contributed by atoms with Crippen LogP contribution in [0.1, 0.15) is 54.4 Å². The number of ether oxygens (including phenoxy) is 2. The van der Waals surface area contributed by atoms with Crippen molar-refractivity contribution in [2.24, 2.45) is 0 Å². The lowest BCUT2D eigenvalue weighted by Crippen LogP contribution is -2.61. The van der Waals surface area contributed by atoms with Gasteiger partial charge in [0, 0.05) is 6.54 Å². The minimum absolute atomic E-state index is 0.192. The van der Waals surface area contributed by atoms with Crippen LogP contribution in [0.15, 0.2) is 0 Å². The van der Waals surface area contributed by atoms with Crippen molar-refractivity contribution in [3.05, 3.63) is 0 Å². The number of carboxylic acid groups (broad SMARTS) is 1. The van der Waals surface area contributed by atoms with Gasteiger partial charge in [0.25, 0.3) is 0 Å². The van der Waals surface area contributed by atoms with E-state index in [1.807, 2.05) is 0 Å². The first-order valence-corrected chi connectivity index (χ1v) is 7.57. The monoisotopic (exact) mass is 330 g/mol. The van der Waals surface area contributed by atoms with Crippen LogP contribution in [0.4, 0.5) is 9.59 Å². The Hall–Kier alpha value is -1.99. The normalized spacial score (nSPS) is 19.3. The summed E-state index contributed by atoms with van der Waals surface area (Å²) in [4.78, 5) is 36.2. The zero-order valence-corrected chi connectivity index (χ0v) is 14.6. The Kier molecular flexibility index (Phi) is 5.50. The fourth-order valence-corrected chi connectivity index (χ4v) is 2.09. The molecule has 1 aliphatic heterocycles. The van der Waals surface area contributed by atoms with Gasteiger partial charge in [-0.1, -0.05) is 0 Å². The van der Waals surface area contributed by atoms with E-state index in [9.17, 15) is 19.5 Å². The van der Waals surface area contributed by atoms with Gasteiger partial charge in [-0.3, -0.25) is 0 Å². The zero-order valence-electron chi connectivity index (χ0n) is 14.6. The van der Waals surface area contributed by atoms with Crippen molar-refractivity contribution >= 4 is 18.2 Å². The minimum atomic E-state index is -1.19. The summed E-state index contributed by atoms with van der Waals surface area (Å²) in [5.41, 5.74) is -1.57. The Morgan fingerprint density at radius 3 is 1.87 bits per heavy atom. The number of carboxylic acids is 1. The molecule has 0 aromatic carbocycles. The first kappa shape index (κ1) is 19.1. The molecule has 0 aromatic heterocycles. The van der Waals surface area contributed by atoms with E-state index in [0.29, 0.717) is 6.42 Å². The number of hydrogen-bond acceptors (Lipinski definition) is 5. The summed E-state index contributed by atoms with van der Waals surface area (Å²) in [5, 5.41) is 11.2. The molecule has 8 nitrogen and oxygen atoms in total. The Morgan fingerprint density at radius 2 is 1.43 bits per heavy atom. The molecule has 0 radical (unpaired) electrons. The molecule has 1 rings (SSSR count). The lowest BCUT2D eigenvalue weighted by Gasteiger charge is -2.42. The predicted octanol–water partition coefficient (Wildman–Crippen LogP) is 2.62. The van der Waals surface area contributed by atoms with E-state index in [-0.39, 0.29) is 13.0 Å². The minimum Gasteiger partial charge on any atom is -0.480 e. The van der Waals surface area contributed by atoms with Crippen molar-refractivity contribution in [2.75, 3.05) is 6.54 Å². The summed E-state index contributed by atoms with van der Waals surface area (Å²) in [7, 11) is 0. The molecular formula is C15H26N2O6. The van der Waals surface area contributed by atoms with Crippen LogP contribution in [0.5, 0.6) is 0 Å². The molecule has 0 unspecified atom stereocenters. The Labute approximate surface area is 136 Å². The Bertz CT molecular complexity index is 477. The third kappa shape index (κ3) is 5.61. The second kappa shape index (κ2) is 6.64. The molecule has 0 aliphatic carbocycles. The molecule has 1 N–H and O–H groups in total. The fourth-order valence-electron chi connectivity index (χ4n) is 2.09. The fraction of sp³-hybridized carbons (Fsp3) is 0.800. The lowest BCUT2D eigenvalue weighted by atomic mass is 10.1. The highest BCUT2D eigenvalue weighted by Crippen LogP contribution is 2.24. The highest BCUT2D eigenvalue weighted by Gasteiger charge is 2.43. The number of rotatable bonds is 1. The highest BCUT2D eigenvalue weighted by atomic mass is 16.6. The summed E-state index contributed by atoms with van der Waals surface area (Å²) in [6, 6.07) is -1.16. The van der Waals surface area contributed by atoms with E-state index in [2.05, 4.69) is 0 Å². The van der Waals surface area contributed by atoms with Crippen LogP contribution >= 0.6 is 0 Å². The van der Waals surface area contributed by atoms with E-state index < -0.39 is 35.4 Å². The van der Waals surface area contributed by atoms with Crippen LogP contribution in [0.3, 0.4) is 0 Å². The number of aliphatic carboxylic acids is 1. The van der Waals surface area contributed by atoms with E-state index >= 15 is 0 Å². The zero-order chi connectivity index (χ0) is 18.0. The standard InChI is InChI=1S/C15H26N2O6/c1-14(2,3)22-12(20)16-9-7-8-10(11(18)19)17(16)13(21)23-15(4,5)6/h10H,7-9H2,1-6H3,(H,18,19)/t10-/m1/s1. The molecular weight excluding hydrogens is 304 g/mol. The number of amides is 2. The van der Waals surface area contributed by atoms with Gasteiger partial charge in [-0.25, -0.2) is 19.4 Å². The SMILES string of the molecule is CC(C)(C)OC(=O)N1CCC[C@H](C(=O)O)N1C(=O)OC(C)(C)C. The average molecular weight is 330 g/mol. The molecule has 1 atom stereocenters. The maximum atomic E-state index is 12.4. The molecule has 0 spiro atoms. The van der Waals surface area contributed by atoms with Gasteiger partial charge in [0.05, 0.1) is 0 Å². The van der Waals surface area contributed by atoms with E-state index in [1.54, 1.807) is 41.5 Å². The van der Waals surface area contributed by atoms with Crippen molar-refractivity contribution < 1.29 is 29.0 Å². The van der Waals surface area contributed by atoms with Crippen molar-refractivity contribution in [1.82, 2.24) is 10.0 Å². The summed E-state index contributed by atoms with van der Waals surface area (Å²) in [5.74, 6) is -1.19. The highest BCUT2D eigenvalue weighted by molar-refractivity contribution is 5.82. The van der Waals surface area contributed by atoms with Crippen molar-refractivity contribution in [2.45, 2.75) is 71.6 Å². The smallest absolute Gasteiger partial charge is 0.430 e. The number of nitrogens with zero attached hydrogens (tertiary/aromatic N) is 2. The van der Waals surface area contributed by atoms with Gasteiger partial charge >= 0.3 is 18.2 Å². The molecule has 1 heterocycles. The van der Waals surface area contributed by atoms with Crippen LogP contribution in [0, 0.1) is 0 Å². The average Bonchev–Trinajstić information content (AvgIpc) is 2.33. The molecule has 0 saturated carbocycles. The molecule has 23 heavy (non-hydrogen) atoms. The van der Waals surface area contributed by atoms with Crippen LogP contribution in [-0.4, -0.2) is 57.1 Å². The van der Waals surface area contributed by atoms with Crippen molar-refractivity contribution in [3.63, 3.8) is 0 Å². The van der Waals surface area contributed by atoms with Gasteiger partial charge in [-0.15, -0.1) is 0 Å². The quantitative estimate of drug-likeness (QED) is 0.794. The van der Waals surface area contributed by atoms with E-state index in [0.717, 1.165) is 10.0 Å². The Morgan fingerprint density at radius 1 is 0.957 bits per heavy atom. The molecule has 0 bridgehead atoms. The maximum Gasteiger partial charge on any atom is 0.430 e. The third-order valence-corrected chi connectivity index (χ3v) is 2.87. The summed E-state index contributed by atoms with van der Waals surface area (Å²) < 4.78 is 10.5. The van der Waals surface area contributed by atoms with Crippen LogP contribution < -0.4 is 0 Å². The van der Waals surface area contributed by atoms with Crippen molar-refractivity contribution in [1.29, 1.82) is 0 Å². The third-order valence-electron chi connectivity index (χ3n) is 2.87. The number of hydrogen-bond donors (Lipinski definition) is 1. The second-order valence-electron chi connectivity index (χ2n) is 7.42. The second-order valence-corrected chi connectivity index (χ2v) is 7.42. The van der Waals surface area contributed by atoms with Gasteiger partial charge in [-0.05, 0) is 54.4 Å². The van der Waals surface area contributed by atoms with Gasteiger partial charge < -0.3 is 14.6 Å². The van der Waals surface area contributed by atoms with Gasteiger partial charge in [-0.2, -0.15) is 5.01 Å². The molecule has 1 aliphatic rings. The van der Waals surface area contributed by atoms with E-state index in [4.69, 9.17) is 9.47 Å². The maximum absolute atomic E-state index is 12.4. The summed E-state index contributed by atoms with van der Waals surface area (Å²) in [6.07, 6.45) is -0.951. The first-order chi connectivity index (χ1) is 10.3. The number of carbonyl (C=O) groups is 3. The van der Waals surface area contributed by atoms with E-state index in [1.165, 1.54) is 0 Å². The Balaban J connectivity index is 3.07. The lowest BCUT2D eigenvalue weighted by molar-refractivity contribution is -0.155. The summed E-state index contributed by atoms with van der Waals surface area (Å²) in [6.45, 7) is 10.3. The number of carbonyl (C=O) groups excluding carboxylic acids is 2. The molecule has 1 saturated heterocycles. The molecule has 8 heteroatoms. The molecule has 132 valence electrons. The van der Waals surface area contributed by atoms with Crippen LogP contribution in [0.25, 0.3) is 0 Å². The molecule has 0 aromatic rings. The number of hydrazine groups is 1. The van der Waals surface area contributed by atoms with Crippen LogP contribution in [-0.2, 0) is 14.3 Å². The van der Waals surface area contributed by atoms with Crippen LogP contribution in [0.2, 0.25) is 0 Å². The predicted molar refractivity (Wildman–Crippen MR) is 81.7 cm³/mol. The molecule has 1 fully saturated rings. The topological polar surface area (TPSA) is 96.4 Å². The molecule has 2 amide bonds. The van der Waals surface area contributed by atoms with Gasteiger partial charge in [0.1, 0.15) is 11.2 Å².